The third-order valence-corrected chi connectivity index (χ3v) is 5.16. The first-order chi connectivity index (χ1) is 18.5. The van der Waals surface area contributed by atoms with Crippen LogP contribution in [0.15, 0.2) is 42.5 Å². The van der Waals surface area contributed by atoms with Crippen molar-refractivity contribution in [3.63, 3.8) is 0 Å². The summed E-state index contributed by atoms with van der Waals surface area (Å²) < 4.78 is 14.7. The average Bonchev–Trinajstić information content (AvgIpc) is 2.89. The molecule has 0 heterocycles. The smallest absolute Gasteiger partial charge is 0.316 e. The molecule has 0 amide bonds. The summed E-state index contributed by atoms with van der Waals surface area (Å²) in [7, 11) is 3.31. The van der Waals surface area contributed by atoms with Crippen molar-refractivity contribution in [2.24, 2.45) is 23.7 Å². The van der Waals surface area contributed by atoms with Crippen molar-refractivity contribution in [1.29, 1.82) is 0 Å². The number of esters is 2. The van der Waals surface area contributed by atoms with E-state index >= 15 is 0 Å². The van der Waals surface area contributed by atoms with Crippen LogP contribution in [0, 0.1) is 37.5 Å². The molecule has 0 saturated heterocycles. The Kier molecular flexibility index (Phi) is 22.5. The zero-order valence-electron chi connectivity index (χ0n) is 26.2. The highest BCUT2D eigenvalue weighted by Crippen LogP contribution is 2.20. The summed E-state index contributed by atoms with van der Waals surface area (Å²) in [6.45, 7) is 17.8. The summed E-state index contributed by atoms with van der Waals surface area (Å²) in [4.78, 5) is 43.0. The zero-order valence-corrected chi connectivity index (χ0v) is 26.2. The Bertz CT molecular complexity index is 1050. The van der Waals surface area contributed by atoms with Gasteiger partial charge in [0.1, 0.15) is 11.5 Å². The molecule has 0 bridgehead atoms. The molecule has 8 heteroatoms. The van der Waals surface area contributed by atoms with Crippen LogP contribution in [0.3, 0.4) is 0 Å². The quantitative estimate of drug-likeness (QED) is 0.204. The molecule has 232 valence electrons. The van der Waals surface area contributed by atoms with Crippen molar-refractivity contribution in [2.45, 2.75) is 76.7 Å². The van der Waals surface area contributed by atoms with Gasteiger partial charge in [-0.25, -0.2) is 0 Å². The SMILES string of the molecule is C.CC(C)C(=O)O.CC(C)C(=O)OC(=O)C(C)C.COc1ccc(C(=O)C(C)C)cc1C.COc1ccccc1C. The molecule has 0 fully saturated rings. The van der Waals surface area contributed by atoms with Gasteiger partial charge in [0.25, 0.3) is 0 Å². The Balaban J connectivity index is -0.000000485. The molecule has 0 atom stereocenters. The monoisotopic (exact) mass is 576 g/mol. The number of rotatable bonds is 7. The largest absolute Gasteiger partial charge is 0.496 e. The van der Waals surface area contributed by atoms with Crippen LogP contribution in [-0.4, -0.2) is 43.0 Å². The standard InChI is InChI=1S/C12H16O2.C8H14O3.C8H10O.C4H8O2.CH4/c1-8(2)12(13)10-5-6-11(14-4)9(3)7-10;1-5(2)7(9)11-8(10)6(3)4;1-7-5-3-4-6-8(7)9-2;1-3(2)4(5)6;/h5-8H,1-4H3;5-6H,1-4H3;3-6H,1-2H3;3H,1-2H3,(H,5,6);1H4. The Hall–Kier alpha value is -3.68. The third-order valence-electron chi connectivity index (χ3n) is 5.16. The van der Waals surface area contributed by atoms with Crippen molar-refractivity contribution in [2.75, 3.05) is 14.2 Å². The molecule has 8 nitrogen and oxygen atoms in total. The highest BCUT2D eigenvalue weighted by atomic mass is 16.6. The number of methoxy groups -OCH3 is 2. The van der Waals surface area contributed by atoms with Crippen LogP contribution in [0.5, 0.6) is 11.5 Å². The second-order valence-electron chi connectivity index (χ2n) is 10.2. The molecule has 2 aromatic carbocycles. The van der Waals surface area contributed by atoms with Crippen LogP contribution in [0.1, 0.15) is 84.3 Å². The molecule has 2 aromatic rings. The number of ether oxygens (including phenoxy) is 3. The van der Waals surface area contributed by atoms with Crippen LogP contribution in [0.2, 0.25) is 0 Å². The molecule has 41 heavy (non-hydrogen) atoms. The summed E-state index contributed by atoms with van der Waals surface area (Å²) in [5.41, 5.74) is 2.94. The molecule has 0 aliphatic carbocycles. The highest BCUT2D eigenvalue weighted by Gasteiger charge is 2.16. The first-order valence-corrected chi connectivity index (χ1v) is 13.3. The number of benzene rings is 2. The van der Waals surface area contributed by atoms with Gasteiger partial charge in [0.2, 0.25) is 0 Å². The van der Waals surface area contributed by atoms with E-state index in [9.17, 15) is 19.2 Å². The fraction of sp³-hybridized carbons (Fsp3) is 0.515. The van der Waals surface area contributed by atoms with Gasteiger partial charge < -0.3 is 19.3 Å². The highest BCUT2D eigenvalue weighted by molar-refractivity contribution is 5.97. The van der Waals surface area contributed by atoms with E-state index in [0.29, 0.717) is 0 Å². The lowest BCUT2D eigenvalue weighted by atomic mass is 9.99. The molecular weight excluding hydrogens is 524 g/mol. The molecule has 0 aromatic heterocycles. The van der Waals surface area contributed by atoms with Gasteiger partial charge >= 0.3 is 17.9 Å². The number of carbonyl (C=O) groups is 4. The van der Waals surface area contributed by atoms with Crippen molar-refractivity contribution in [3.05, 3.63) is 59.2 Å². The predicted molar refractivity (Wildman–Crippen MR) is 165 cm³/mol. The first-order valence-electron chi connectivity index (χ1n) is 13.3. The van der Waals surface area contributed by atoms with Crippen LogP contribution in [0.4, 0.5) is 0 Å². The van der Waals surface area contributed by atoms with E-state index in [1.54, 1.807) is 55.8 Å². The number of carboxylic acid groups (broad SMARTS) is 1. The lowest BCUT2D eigenvalue weighted by Gasteiger charge is -2.08. The maximum absolute atomic E-state index is 11.7. The number of aliphatic carboxylic acids is 1. The molecule has 2 rings (SSSR count). The summed E-state index contributed by atoms with van der Waals surface area (Å²) >= 11 is 0. The van der Waals surface area contributed by atoms with Gasteiger partial charge in [0.15, 0.2) is 5.78 Å². The minimum absolute atomic E-state index is 0. The van der Waals surface area contributed by atoms with E-state index in [0.717, 1.165) is 22.6 Å². The summed E-state index contributed by atoms with van der Waals surface area (Å²) in [5.74, 6) is -0.357. The fourth-order valence-corrected chi connectivity index (χ4v) is 2.49. The number of ketones is 1. The van der Waals surface area contributed by atoms with Gasteiger partial charge in [0.05, 0.1) is 32.0 Å². The third kappa shape index (κ3) is 18.3. The van der Waals surface area contributed by atoms with Crippen LogP contribution in [-0.2, 0) is 19.1 Å². The van der Waals surface area contributed by atoms with Crippen molar-refractivity contribution >= 4 is 23.7 Å². The number of Topliss-reactive ketones (excluding diaryl/α,β-unsaturated/α-hetero) is 1. The summed E-state index contributed by atoms with van der Waals surface area (Å²) in [6, 6.07) is 13.5. The van der Waals surface area contributed by atoms with Gasteiger partial charge in [-0.1, -0.05) is 81.0 Å². The number of hydrogen-bond donors (Lipinski definition) is 1. The molecule has 0 aliphatic heterocycles. The molecule has 0 spiro atoms. The normalized spacial score (nSPS) is 9.66. The molecule has 0 aliphatic rings. The first kappa shape index (κ1) is 41.8. The van der Waals surface area contributed by atoms with Crippen LogP contribution < -0.4 is 9.47 Å². The topological polar surface area (TPSA) is 116 Å². The molecular formula is C33H52O8. The zero-order chi connectivity index (χ0) is 31.6. The van der Waals surface area contributed by atoms with E-state index in [4.69, 9.17) is 14.6 Å². The fourth-order valence-electron chi connectivity index (χ4n) is 2.49. The van der Waals surface area contributed by atoms with Crippen molar-refractivity contribution < 1.29 is 38.5 Å². The molecule has 0 saturated carbocycles. The summed E-state index contributed by atoms with van der Waals surface area (Å²) in [5, 5.41) is 7.99. The second-order valence-corrected chi connectivity index (χ2v) is 10.2. The number of carbonyl (C=O) groups excluding carboxylic acids is 3. The van der Waals surface area contributed by atoms with E-state index in [-0.39, 0.29) is 36.9 Å². The van der Waals surface area contributed by atoms with Gasteiger partial charge in [-0.2, -0.15) is 0 Å². The number of carboxylic acids is 1. The number of para-hydroxylation sites is 1. The van der Waals surface area contributed by atoms with Crippen molar-refractivity contribution in [1.82, 2.24) is 0 Å². The predicted octanol–water partition coefficient (Wildman–Crippen LogP) is 7.58. The van der Waals surface area contributed by atoms with E-state index in [2.05, 4.69) is 4.74 Å². The average molecular weight is 577 g/mol. The second kappa shape index (κ2) is 22.1. The lowest BCUT2D eigenvalue weighted by Crippen LogP contribution is -2.20. The van der Waals surface area contributed by atoms with Gasteiger partial charge in [-0.3, -0.25) is 19.2 Å². The molecule has 0 radical (unpaired) electrons. The molecule has 0 unspecified atom stereocenters. The van der Waals surface area contributed by atoms with E-state index in [1.165, 1.54) is 5.56 Å². The lowest BCUT2D eigenvalue weighted by molar-refractivity contribution is -0.164. The maximum atomic E-state index is 11.7. The maximum Gasteiger partial charge on any atom is 0.316 e. The van der Waals surface area contributed by atoms with Gasteiger partial charge in [0, 0.05) is 11.5 Å². The minimum Gasteiger partial charge on any atom is -0.496 e. The van der Waals surface area contributed by atoms with Crippen molar-refractivity contribution in [3.8, 4) is 11.5 Å². The Morgan fingerprint density at radius 2 is 1.05 bits per heavy atom. The van der Waals surface area contributed by atoms with E-state index < -0.39 is 17.9 Å². The van der Waals surface area contributed by atoms with E-state index in [1.807, 2.05) is 70.2 Å². The number of aryl methyl sites for hydroxylation is 2. The minimum atomic E-state index is -0.741. The van der Waals surface area contributed by atoms with Gasteiger partial charge in [-0.05, 0) is 49.2 Å². The van der Waals surface area contributed by atoms with Gasteiger partial charge in [-0.15, -0.1) is 0 Å². The Morgan fingerprint density at radius 1 is 0.634 bits per heavy atom. The van der Waals surface area contributed by atoms with Crippen LogP contribution in [0.25, 0.3) is 0 Å². The Morgan fingerprint density at radius 3 is 1.34 bits per heavy atom. The molecule has 1 N–H and O–H groups in total. The number of hydrogen-bond acceptors (Lipinski definition) is 7. The summed E-state index contributed by atoms with van der Waals surface area (Å²) in [6.07, 6.45) is 0. The van der Waals surface area contributed by atoms with Crippen LogP contribution >= 0.6 is 0 Å². The Labute approximate surface area is 247 Å².